The van der Waals surface area contributed by atoms with Gasteiger partial charge in [0.05, 0.1) is 5.69 Å². The van der Waals surface area contributed by atoms with Gasteiger partial charge in [-0.3, -0.25) is 4.90 Å². The van der Waals surface area contributed by atoms with Crippen molar-refractivity contribution in [2.45, 2.75) is 6.92 Å². The van der Waals surface area contributed by atoms with Gasteiger partial charge in [0, 0.05) is 56.2 Å². The molecule has 1 fully saturated rings. The summed E-state index contributed by atoms with van der Waals surface area (Å²) in [4.78, 5) is 9.52. The van der Waals surface area contributed by atoms with E-state index < -0.39 is 0 Å². The van der Waals surface area contributed by atoms with Gasteiger partial charge in [0.1, 0.15) is 12.4 Å². The van der Waals surface area contributed by atoms with Gasteiger partial charge in [-0.15, -0.1) is 0 Å². The molecule has 1 saturated heterocycles. The quantitative estimate of drug-likeness (QED) is 0.537. The number of likely N-dealkylation sites (N-methyl/N-ethyl adjacent to an activating group) is 1. The van der Waals surface area contributed by atoms with E-state index in [0.29, 0.717) is 6.61 Å². The van der Waals surface area contributed by atoms with E-state index in [9.17, 15) is 0 Å². The zero-order chi connectivity index (χ0) is 23.2. The molecule has 0 saturated carbocycles. The molecule has 0 aliphatic carbocycles. The standard InChI is InChI=1S/C26H32N6O/c1-4-5-22(10-11-27)25-20(2)29-32-19-23(18-28-26(25)32)21-6-8-24(9-7-21)33-17-16-31-14-12-30(3)13-15-31/h4-11,18-19H,1,12-17,27H2,2-3H3/b11-10-,22-5+. The molecule has 7 nitrogen and oxygen atoms in total. The Hall–Kier alpha value is -3.42. The Morgan fingerprint density at radius 1 is 1.15 bits per heavy atom. The highest BCUT2D eigenvalue weighted by molar-refractivity contribution is 5.84. The van der Waals surface area contributed by atoms with E-state index in [2.05, 4.69) is 40.7 Å². The molecule has 3 aromatic rings. The normalized spacial score (nSPS) is 16.0. The van der Waals surface area contributed by atoms with Crippen molar-refractivity contribution < 1.29 is 4.74 Å². The largest absolute Gasteiger partial charge is 0.492 e. The Kier molecular flexibility index (Phi) is 7.22. The average molecular weight is 445 g/mol. The number of nitrogens with two attached hydrogens (primary N) is 1. The predicted octanol–water partition coefficient (Wildman–Crippen LogP) is 3.37. The number of rotatable bonds is 8. The Morgan fingerprint density at radius 2 is 1.91 bits per heavy atom. The number of fused-ring (bicyclic) bond motifs is 1. The Labute approximate surface area is 195 Å². The van der Waals surface area contributed by atoms with Crippen LogP contribution in [0.25, 0.3) is 22.3 Å². The van der Waals surface area contributed by atoms with Crippen molar-refractivity contribution in [2.24, 2.45) is 5.73 Å². The highest BCUT2D eigenvalue weighted by Crippen LogP contribution is 2.27. The van der Waals surface area contributed by atoms with Crippen LogP contribution < -0.4 is 10.5 Å². The summed E-state index contributed by atoms with van der Waals surface area (Å²) in [6, 6.07) is 8.15. The van der Waals surface area contributed by atoms with Crippen molar-refractivity contribution in [1.29, 1.82) is 0 Å². The Morgan fingerprint density at radius 3 is 2.61 bits per heavy atom. The van der Waals surface area contributed by atoms with E-state index in [0.717, 1.165) is 72.1 Å². The second-order valence-electron chi connectivity index (χ2n) is 8.31. The number of aryl methyl sites for hydroxylation is 1. The molecule has 2 aromatic heterocycles. The van der Waals surface area contributed by atoms with E-state index in [-0.39, 0.29) is 0 Å². The third kappa shape index (κ3) is 5.32. The first-order valence-corrected chi connectivity index (χ1v) is 11.3. The second-order valence-corrected chi connectivity index (χ2v) is 8.31. The third-order valence-electron chi connectivity index (χ3n) is 5.97. The molecule has 2 N–H and O–H groups in total. The van der Waals surface area contributed by atoms with Crippen molar-refractivity contribution in [3.8, 4) is 16.9 Å². The van der Waals surface area contributed by atoms with Gasteiger partial charge < -0.3 is 15.4 Å². The fourth-order valence-corrected chi connectivity index (χ4v) is 4.09. The lowest BCUT2D eigenvalue weighted by atomic mass is 10.1. The highest BCUT2D eigenvalue weighted by atomic mass is 16.5. The summed E-state index contributed by atoms with van der Waals surface area (Å²) in [7, 11) is 2.17. The summed E-state index contributed by atoms with van der Waals surface area (Å²) in [6.45, 7) is 11.9. The zero-order valence-corrected chi connectivity index (χ0v) is 19.4. The van der Waals surface area contributed by atoms with Gasteiger partial charge >= 0.3 is 0 Å². The van der Waals surface area contributed by atoms with Crippen molar-refractivity contribution in [1.82, 2.24) is 24.4 Å². The van der Waals surface area contributed by atoms with Crippen molar-refractivity contribution in [3.63, 3.8) is 0 Å². The minimum atomic E-state index is 0.698. The maximum absolute atomic E-state index is 5.97. The molecule has 1 aliphatic rings. The first kappa shape index (κ1) is 22.8. The van der Waals surface area contributed by atoms with Crippen LogP contribution in [0.1, 0.15) is 11.3 Å². The second kappa shape index (κ2) is 10.5. The molecule has 0 amide bonds. The molecular weight excluding hydrogens is 412 g/mol. The molecule has 0 unspecified atom stereocenters. The van der Waals surface area contributed by atoms with Crippen LogP contribution in [0.15, 0.2) is 67.7 Å². The fraction of sp³-hybridized carbons (Fsp3) is 0.308. The topological polar surface area (TPSA) is 71.9 Å². The van der Waals surface area contributed by atoms with E-state index in [1.807, 2.05) is 48.1 Å². The first-order chi connectivity index (χ1) is 16.1. The van der Waals surface area contributed by atoms with Crippen LogP contribution >= 0.6 is 0 Å². The van der Waals surface area contributed by atoms with Crippen LogP contribution in [0.3, 0.4) is 0 Å². The summed E-state index contributed by atoms with van der Waals surface area (Å²) in [5.41, 5.74) is 11.2. The molecule has 4 rings (SSSR count). The molecule has 0 spiro atoms. The summed E-state index contributed by atoms with van der Waals surface area (Å²) in [6.07, 6.45) is 10.9. The van der Waals surface area contributed by atoms with Crippen molar-refractivity contribution >= 4 is 11.2 Å². The number of ether oxygens (including phenoxy) is 1. The molecule has 172 valence electrons. The van der Waals surface area contributed by atoms with E-state index in [1.165, 1.54) is 6.20 Å². The number of hydrogen-bond acceptors (Lipinski definition) is 6. The lowest BCUT2D eigenvalue weighted by Crippen LogP contribution is -2.45. The van der Waals surface area contributed by atoms with Gasteiger partial charge in [-0.05, 0) is 49.5 Å². The predicted molar refractivity (Wildman–Crippen MR) is 134 cm³/mol. The van der Waals surface area contributed by atoms with Gasteiger partial charge in [0.25, 0.3) is 0 Å². The minimum Gasteiger partial charge on any atom is -0.492 e. The Balaban J connectivity index is 1.45. The number of hydrogen-bond donors (Lipinski definition) is 1. The van der Waals surface area contributed by atoms with Gasteiger partial charge in [0.15, 0.2) is 5.65 Å². The smallest absolute Gasteiger partial charge is 0.163 e. The number of nitrogens with zero attached hydrogens (tertiary/aromatic N) is 5. The van der Waals surface area contributed by atoms with Crippen LogP contribution in [0.4, 0.5) is 0 Å². The average Bonchev–Trinajstić information content (AvgIpc) is 3.15. The summed E-state index contributed by atoms with van der Waals surface area (Å²) >= 11 is 0. The lowest BCUT2D eigenvalue weighted by Gasteiger charge is -2.32. The van der Waals surface area contributed by atoms with Crippen LogP contribution in [-0.2, 0) is 0 Å². The number of piperazine rings is 1. The molecule has 33 heavy (non-hydrogen) atoms. The number of benzene rings is 1. The lowest BCUT2D eigenvalue weighted by molar-refractivity contribution is 0.134. The summed E-state index contributed by atoms with van der Waals surface area (Å²) in [5.74, 6) is 0.881. The highest BCUT2D eigenvalue weighted by Gasteiger charge is 2.15. The fourth-order valence-electron chi connectivity index (χ4n) is 4.09. The van der Waals surface area contributed by atoms with Crippen molar-refractivity contribution in [3.05, 3.63) is 78.9 Å². The molecule has 0 atom stereocenters. The monoisotopic (exact) mass is 444 g/mol. The van der Waals surface area contributed by atoms with Crippen molar-refractivity contribution in [2.75, 3.05) is 46.4 Å². The molecule has 1 aliphatic heterocycles. The number of aromatic nitrogens is 3. The number of allylic oxidation sites excluding steroid dienone is 4. The van der Waals surface area contributed by atoms with Gasteiger partial charge in [0.2, 0.25) is 0 Å². The first-order valence-electron chi connectivity index (χ1n) is 11.3. The molecule has 3 heterocycles. The van der Waals surface area contributed by atoms with Crippen LogP contribution in [0.5, 0.6) is 5.75 Å². The summed E-state index contributed by atoms with van der Waals surface area (Å²) in [5, 5.41) is 4.66. The third-order valence-corrected chi connectivity index (χ3v) is 5.97. The minimum absolute atomic E-state index is 0.698. The van der Waals surface area contributed by atoms with Crippen LogP contribution in [0, 0.1) is 6.92 Å². The maximum Gasteiger partial charge on any atom is 0.163 e. The van der Waals surface area contributed by atoms with E-state index >= 15 is 0 Å². The Bertz CT molecular complexity index is 1150. The van der Waals surface area contributed by atoms with Gasteiger partial charge in [-0.1, -0.05) is 30.9 Å². The van der Waals surface area contributed by atoms with Gasteiger partial charge in [-0.25, -0.2) is 9.50 Å². The zero-order valence-electron chi connectivity index (χ0n) is 19.4. The van der Waals surface area contributed by atoms with Gasteiger partial charge in [-0.2, -0.15) is 5.10 Å². The maximum atomic E-state index is 5.97. The van der Waals surface area contributed by atoms with E-state index in [4.69, 9.17) is 15.5 Å². The molecule has 7 heteroatoms. The van der Waals surface area contributed by atoms with E-state index in [1.54, 1.807) is 6.08 Å². The molecule has 0 radical (unpaired) electrons. The SMILES string of the molecule is C=C/C=C(\C=C/N)c1c(C)nn2cc(-c3ccc(OCCN4CCN(C)CC4)cc3)cnc12. The summed E-state index contributed by atoms with van der Waals surface area (Å²) < 4.78 is 7.79. The van der Waals surface area contributed by atoms with Crippen LogP contribution in [-0.4, -0.2) is 70.8 Å². The van der Waals surface area contributed by atoms with Crippen LogP contribution in [0.2, 0.25) is 0 Å². The molecular formula is C26H32N6O. The molecule has 1 aromatic carbocycles. The molecule has 0 bridgehead atoms.